The highest BCUT2D eigenvalue weighted by molar-refractivity contribution is 7.98. The van der Waals surface area contributed by atoms with E-state index in [-0.39, 0.29) is 11.4 Å². The predicted molar refractivity (Wildman–Crippen MR) is 67.5 cm³/mol. The molecule has 0 aromatic heterocycles. The highest BCUT2D eigenvalue weighted by Crippen LogP contribution is 2.35. The zero-order valence-electron chi connectivity index (χ0n) is 10.1. The van der Waals surface area contributed by atoms with Crippen molar-refractivity contribution >= 4 is 11.8 Å². The van der Waals surface area contributed by atoms with E-state index in [2.05, 4.69) is 12.2 Å². The number of nitrogens with one attached hydrogen (secondary N) is 1. The summed E-state index contributed by atoms with van der Waals surface area (Å²) in [7, 11) is 0. The van der Waals surface area contributed by atoms with E-state index in [1.54, 1.807) is 17.8 Å². The van der Waals surface area contributed by atoms with Crippen LogP contribution in [0.4, 0.5) is 4.39 Å². The van der Waals surface area contributed by atoms with Crippen molar-refractivity contribution in [1.82, 2.24) is 5.32 Å². The van der Waals surface area contributed by atoms with Crippen molar-refractivity contribution in [3.8, 4) is 0 Å². The lowest BCUT2D eigenvalue weighted by Crippen LogP contribution is -2.34. The van der Waals surface area contributed by atoms with Gasteiger partial charge >= 0.3 is 0 Å². The maximum absolute atomic E-state index is 14.0. The Morgan fingerprint density at radius 1 is 1.44 bits per heavy atom. The Morgan fingerprint density at radius 2 is 2.19 bits per heavy atom. The first kappa shape index (κ1) is 11.9. The molecule has 1 aliphatic heterocycles. The Labute approximate surface area is 101 Å². The molecule has 0 saturated carbocycles. The van der Waals surface area contributed by atoms with E-state index >= 15 is 0 Å². The minimum absolute atomic E-state index is 0.0767. The molecule has 1 saturated heterocycles. The Morgan fingerprint density at radius 3 is 2.75 bits per heavy atom. The molecular weight excluding hydrogens is 221 g/mol. The fraction of sp³-hybridized carbons (Fsp3) is 0.538. The van der Waals surface area contributed by atoms with Crippen LogP contribution in [0.1, 0.15) is 30.9 Å². The van der Waals surface area contributed by atoms with E-state index in [9.17, 15) is 4.39 Å². The SMILES string of the molecule is CSc1cc(C2(C)CCCN2)c(F)cc1C. The van der Waals surface area contributed by atoms with Crippen LogP contribution < -0.4 is 5.32 Å². The molecule has 1 aromatic carbocycles. The summed E-state index contributed by atoms with van der Waals surface area (Å²) in [6.07, 6.45) is 4.17. The van der Waals surface area contributed by atoms with Crippen LogP contribution in [0.5, 0.6) is 0 Å². The van der Waals surface area contributed by atoms with Gasteiger partial charge < -0.3 is 5.32 Å². The van der Waals surface area contributed by atoms with Crippen LogP contribution in [-0.4, -0.2) is 12.8 Å². The number of halogens is 1. The monoisotopic (exact) mass is 239 g/mol. The first-order valence-corrected chi connectivity index (χ1v) is 6.89. The average Bonchev–Trinajstić information content (AvgIpc) is 2.66. The highest BCUT2D eigenvalue weighted by Gasteiger charge is 2.32. The average molecular weight is 239 g/mol. The van der Waals surface area contributed by atoms with E-state index < -0.39 is 0 Å². The van der Waals surface area contributed by atoms with Gasteiger partial charge in [0, 0.05) is 16.0 Å². The number of aryl methyl sites for hydroxylation is 1. The molecule has 88 valence electrons. The molecule has 0 amide bonds. The molecule has 1 aromatic rings. The second-order valence-corrected chi connectivity index (χ2v) is 5.51. The minimum atomic E-state index is -0.178. The van der Waals surface area contributed by atoms with Crippen LogP contribution in [0.2, 0.25) is 0 Å². The summed E-state index contributed by atoms with van der Waals surface area (Å²) >= 11 is 1.68. The fourth-order valence-electron chi connectivity index (χ4n) is 2.42. The summed E-state index contributed by atoms with van der Waals surface area (Å²) < 4.78 is 14.0. The van der Waals surface area contributed by atoms with Gasteiger partial charge in [0.2, 0.25) is 0 Å². The third-order valence-corrected chi connectivity index (χ3v) is 4.33. The molecule has 0 bridgehead atoms. The molecule has 1 atom stereocenters. The number of benzene rings is 1. The van der Waals surface area contributed by atoms with Gasteiger partial charge in [0.15, 0.2) is 0 Å². The third kappa shape index (κ3) is 1.98. The van der Waals surface area contributed by atoms with E-state index in [0.717, 1.165) is 30.5 Å². The first-order valence-electron chi connectivity index (χ1n) is 5.66. The van der Waals surface area contributed by atoms with Crippen LogP contribution in [-0.2, 0) is 5.54 Å². The summed E-state index contributed by atoms with van der Waals surface area (Å²) in [5, 5.41) is 3.41. The summed E-state index contributed by atoms with van der Waals surface area (Å²) in [5.74, 6) is -0.0767. The van der Waals surface area contributed by atoms with Crippen molar-refractivity contribution in [2.45, 2.75) is 37.1 Å². The quantitative estimate of drug-likeness (QED) is 0.793. The lowest BCUT2D eigenvalue weighted by atomic mass is 9.89. The molecule has 1 unspecified atom stereocenters. The summed E-state index contributed by atoms with van der Waals surface area (Å²) in [6.45, 7) is 5.04. The standard InChI is InChI=1S/C13H18FNS/c1-9-7-11(14)10(8-12(9)16-3)13(2)5-4-6-15-13/h7-8,15H,4-6H2,1-3H3. The third-order valence-electron chi connectivity index (χ3n) is 3.45. The van der Waals surface area contributed by atoms with Crippen LogP contribution in [0, 0.1) is 12.7 Å². The zero-order valence-corrected chi connectivity index (χ0v) is 10.9. The summed E-state index contributed by atoms with van der Waals surface area (Å²) in [4.78, 5) is 1.17. The van der Waals surface area contributed by atoms with Crippen molar-refractivity contribution in [3.63, 3.8) is 0 Å². The largest absolute Gasteiger partial charge is 0.308 e. The fourth-order valence-corrected chi connectivity index (χ4v) is 3.04. The smallest absolute Gasteiger partial charge is 0.128 e. The Kier molecular flexibility index (Phi) is 3.27. The summed E-state index contributed by atoms with van der Waals surface area (Å²) in [5.41, 5.74) is 1.66. The van der Waals surface area contributed by atoms with Gasteiger partial charge in [-0.25, -0.2) is 4.39 Å². The van der Waals surface area contributed by atoms with Crippen molar-refractivity contribution < 1.29 is 4.39 Å². The molecule has 1 aliphatic rings. The molecule has 1 N–H and O–H groups in total. The Hall–Kier alpha value is -0.540. The van der Waals surface area contributed by atoms with Crippen LogP contribution >= 0.6 is 11.8 Å². The number of thioether (sulfide) groups is 1. The van der Waals surface area contributed by atoms with Gasteiger partial charge in [-0.05, 0) is 57.2 Å². The normalized spacial score (nSPS) is 25.0. The molecule has 1 fully saturated rings. The van der Waals surface area contributed by atoms with Gasteiger partial charge in [0.05, 0.1) is 0 Å². The zero-order chi connectivity index (χ0) is 11.8. The van der Waals surface area contributed by atoms with Gasteiger partial charge in [0.25, 0.3) is 0 Å². The van der Waals surface area contributed by atoms with Gasteiger partial charge in [-0.3, -0.25) is 0 Å². The maximum atomic E-state index is 14.0. The lowest BCUT2D eigenvalue weighted by Gasteiger charge is -2.26. The number of hydrogen-bond donors (Lipinski definition) is 1. The first-order chi connectivity index (χ1) is 7.57. The van der Waals surface area contributed by atoms with Crippen molar-refractivity contribution in [2.24, 2.45) is 0 Å². The topological polar surface area (TPSA) is 12.0 Å². The molecule has 0 radical (unpaired) electrons. The molecule has 2 rings (SSSR count). The molecule has 16 heavy (non-hydrogen) atoms. The van der Waals surface area contributed by atoms with Crippen LogP contribution in [0.25, 0.3) is 0 Å². The van der Waals surface area contributed by atoms with Crippen molar-refractivity contribution in [1.29, 1.82) is 0 Å². The van der Waals surface area contributed by atoms with E-state index in [4.69, 9.17) is 0 Å². The molecule has 1 heterocycles. The Balaban J connectivity index is 2.47. The number of rotatable bonds is 2. The van der Waals surface area contributed by atoms with Gasteiger partial charge in [-0.15, -0.1) is 11.8 Å². The Bertz CT molecular complexity index is 397. The van der Waals surface area contributed by atoms with E-state index in [1.807, 2.05) is 19.2 Å². The second kappa shape index (κ2) is 4.38. The van der Waals surface area contributed by atoms with Gasteiger partial charge in [-0.2, -0.15) is 0 Å². The minimum Gasteiger partial charge on any atom is -0.308 e. The van der Waals surface area contributed by atoms with Crippen LogP contribution in [0.3, 0.4) is 0 Å². The molecule has 3 heteroatoms. The number of hydrogen-bond acceptors (Lipinski definition) is 2. The highest BCUT2D eigenvalue weighted by atomic mass is 32.2. The molecular formula is C13H18FNS. The maximum Gasteiger partial charge on any atom is 0.128 e. The van der Waals surface area contributed by atoms with Crippen molar-refractivity contribution in [3.05, 3.63) is 29.1 Å². The molecule has 0 spiro atoms. The summed E-state index contributed by atoms with van der Waals surface area (Å²) in [6, 6.07) is 3.67. The van der Waals surface area contributed by atoms with E-state index in [0.29, 0.717) is 0 Å². The van der Waals surface area contributed by atoms with Gasteiger partial charge in [0.1, 0.15) is 5.82 Å². The van der Waals surface area contributed by atoms with E-state index in [1.165, 1.54) is 4.90 Å². The van der Waals surface area contributed by atoms with Crippen molar-refractivity contribution in [2.75, 3.05) is 12.8 Å². The van der Waals surface area contributed by atoms with Crippen LogP contribution in [0.15, 0.2) is 17.0 Å². The predicted octanol–water partition coefficient (Wildman–Crippen LogP) is 3.45. The van der Waals surface area contributed by atoms with Gasteiger partial charge in [-0.1, -0.05) is 0 Å². The molecule has 0 aliphatic carbocycles. The molecule has 1 nitrogen and oxygen atoms in total. The second-order valence-electron chi connectivity index (χ2n) is 4.66. The lowest BCUT2D eigenvalue weighted by molar-refractivity contribution is 0.409.